The average molecular weight is 275 g/mol. The Morgan fingerprint density at radius 3 is 2.95 bits per heavy atom. The molecule has 1 atom stereocenters. The normalized spacial score (nSPS) is 26.1. The van der Waals surface area contributed by atoms with E-state index in [0.29, 0.717) is 11.5 Å². The van der Waals surface area contributed by atoms with Gasteiger partial charge in [0.2, 0.25) is 0 Å². The van der Waals surface area contributed by atoms with Crippen LogP contribution in [0.4, 0.5) is 0 Å². The first kappa shape index (κ1) is 14.0. The summed E-state index contributed by atoms with van der Waals surface area (Å²) in [5.41, 5.74) is 1.67. The van der Waals surface area contributed by atoms with Crippen molar-refractivity contribution in [3.05, 3.63) is 30.1 Å². The van der Waals surface area contributed by atoms with Gasteiger partial charge in [-0.05, 0) is 49.9 Å². The standard InChI is InChI=1S/C16H25N3O/c1-20-12-15-10-16(5-8-17-9-6-16)13-19(15)11-14-4-2-3-7-18-14/h2-4,7,15,17H,5-6,8-13H2,1H3/t15-/m0/s1. The van der Waals surface area contributed by atoms with Crippen LogP contribution < -0.4 is 5.32 Å². The van der Waals surface area contributed by atoms with Crippen molar-refractivity contribution in [1.29, 1.82) is 0 Å². The van der Waals surface area contributed by atoms with Crippen molar-refractivity contribution in [1.82, 2.24) is 15.2 Å². The maximum absolute atomic E-state index is 5.45. The van der Waals surface area contributed by atoms with Gasteiger partial charge in [0.15, 0.2) is 0 Å². The molecule has 2 aliphatic heterocycles. The van der Waals surface area contributed by atoms with Gasteiger partial charge in [-0.25, -0.2) is 0 Å². The van der Waals surface area contributed by atoms with Crippen molar-refractivity contribution in [2.24, 2.45) is 5.41 Å². The molecule has 0 aromatic carbocycles. The van der Waals surface area contributed by atoms with Crippen molar-refractivity contribution >= 4 is 0 Å². The number of methoxy groups -OCH3 is 1. The van der Waals surface area contributed by atoms with E-state index in [4.69, 9.17) is 4.74 Å². The highest BCUT2D eigenvalue weighted by Crippen LogP contribution is 2.42. The molecule has 20 heavy (non-hydrogen) atoms. The largest absolute Gasteiger partial charge is 0.383 e. The quantitative estimate of drug-likeness (QED) is 0.907. The van der Waals surface area contributed by atoms with Crippen molar-refractivity contribution in [3.8, 4) is 0 Å². The van der Waals surface area contributed by atoms with Gasteiger partial charge in [0.25, 0.3) is 0 Å². The third-order valence-electron chi connectivity index (χ3n) is 4.84. The zero-order chi connectivity index (χ0) is 13.8. The van der Waals surface area contributed by atoms with E-state index >= 15 is 0 Å². The van der Waals surface area contributed by atoms with Crippen LogP contribution in [0.3, 0.4) is 0 Å². The summed E-state index contributed by atoms with van der Waals surface area (Å²) in [6, 6.07) is 6.72. The third-order valence-corrected chi connectivity index (χ3v) is 4.84. The van der Waals surface area contributed by atoms with Crippen molar-refractivity contribution < 1.29 is 4.74 Å². The van der Waals surface area contributed by atoms with E-state index in [9.17, 15) is 0 Å². The van der Waals surface area contributed by atoms with Gasteiger partial charge in [-0.2, -0.15) is 0 Å². The van der Waals surface area contributed by atoms with Gasteiger partial charge < -0.3 is 10.1 Å². The second kappa shape index (κ2) is 6.20. The van der Waals surface area contributed by atoms with E-state index in [1.54, 1.807) is 0 Å². The fraction of sp³-hybridized carbons (Fsp3) is 0.688. The first-order chi connectivity index (χ1) is 9.81. The monoisotopic (exact) mass is 275 g/mol. The smallest absolute Gasteiger partial charge is 0.0618 e. The minimum Gasteiger partial charge on any atom is -0.383 e. The molecule has 4 heteroatoms. The number of likely N-dealkylation sites (tertiary alicyclic amines) is 1. The third kappa shape index (κ3) is 3.03. The maximum Gasteiger partial charge on any atom is 0.0618 e. The Bertz CT molecular complexity index is 417. The highest BCUT2D eigenvalue weighted by Gasteiger charge is 2.44. The van der Waals surface area contributed by atoms with E-state index in [1.807, 2.05) is 19.4 Å². The molecule has 0 saturated carbocycles. The van der Waals surface area contributed by atoms with Gasteiger partial charge in [-0.1, -0.05) is 6.07 Å². The number of rotatable bonds is 4. The SMILES string of the molecule is COC[C@@H]1CC2(CCNCC2)CN1Cc1ccccn1. The van der Waals surface area contributed by atoms with Crippen LogP contribution in [-0.2, 0) is 11.3 Å². The number of hydrogen-bond donors (Lipinski definition) is 1. The second-order valence-electron chi connectivity index (χ2n) is 6.29. The number of piperidine rings is 1. The fourth-order valence-electron chi connectivity index (χ4n) is 3.81. The summed E-state index contributed by atoms with van der Waals surface area (Å²) < 4.78 is 5.45. The van der Waals surface area contributed by atoms with Crippen LogP contribution in [0.1, 0.15) is 25.0 Å². The van der Waals surface area contributed by atoms with Gasteiger partial charge in [-0.3, -0.25) is 9.88 Å². The second-order valence-corrected chi connectivity index (χ2v) is 6.29. The molecule has 3 heterocycles. The van der Waals surface area contributed by atoms with Crippen LogP contribution in [0, 0.1) is 5.41 Å². The topological polar surface area (TPSA) is 37.4 Å². The molecule has 0 radical (unpaired) electrons. The molecule has 2 saturated heterocycles. The summed E-state index contributed by atoms with van der Waals surface area (Å²) in [7, 11) is 1.81. The lowest BCUT2D eigenvalue weighted by molar-refractivity contribution is 0.111. The molecule has 1 N–H and O–H groups in total. The zero-order valence-electron chi connectivity index (χ0n) is 12.3. The number of nitrogens with zero attached hydrogens (tertiary/aromatic N) is 2. The predicted molar refractivity (Wildman–Crippen MR) is 79.5 cm³/mol. The molecule has 0 aliphatic carbocycles. The van der Waals surface area contributed by atoms with Crippen LogP contribution in [0.5, 0.6) is 0 Å². The molecule has 0 amide bonds. The number of aromatic nitrogens is 1. The summed E-state index contributed by atoms with van der Waals surface area (Å²) in [6.45, 7) is 5.31. The van der Waals surface area contributed by atoms with Crippen molar-refractivity contribution in [2.45, 2.75) is 31.8 Å². The Balaban J connectivity index is 1.70. The van der Waals surface area contributed by atoms with Gasteiger partial charge in [-0.15, -0.1) is 0 Å². The molecule has 0 unspecified atom stereocenters. The molecule has 1 aromatic heterocycles. The molecule has 3 rings (SSSR count). The summed E-state index contributed by atoms with van der Waals surface area (Å²) >= 11 is 0. The summed E-state index contributed by atoms with van der Waals surface area (Å²) in [5.74, 6) is 0. The van der Waals surface area contributed by atoms with E-state index in [2.05, 4.69) is 27.3 Å². The van der Waals surface area contributed by atoms with Gasteiger partial charge in [0, 0.05) is 32.4 Å². The molecule has 4 nitrogen and oxygen atoms in total. The van der Waals surface area contributed by atoms with Gasteiger partial charge in [0.05, 0.1) is 12.3 Å². The zero-order valence-corrected chi connectivity index (χ0v) is 12.3. The summed E-state index contributed by atoms with van der Waals surface area (Å²) in [5, 5.41) is 3.49. The van der Waals surface area contributed by atoms with Crippen LogP contribution >= 0.6 is 0 Å². The summed E-state index contributed by atoms with van der Waals surface area (Å²) in [6.07, 6.45) is 5.75. The Morgan fingerprint density at radius 2 is 2.25 bits per heavy atom. The lowest BCUT2D eigenvalue weighted by atomic mass is 9.77. The molecule has 2 aliphatic rings. The van der Waals surface area contributed by atoms with Crippen molar-refractivity contribution in [3.63, 3.8) is 0 Å². The maximum atomic E-state index is 5.45. The molecule has 0 bridgehead atoms. The highest BCUT2D eigenvalue weighted by atomic mass is 16.5. The van der Waals surface area contributed by atoms with E-state index in [1.165, 1.54) is 31.5 Å². The van der Waals surface area contributed by atoms with Crippen LogP contribution in [0.15, 0.2) is 24.4 Å². The number of hydrogen-bond acceptors (Lipinski definition) is 4. The Labute approximate surface area is 121 Å². The van der Waals surface area contributed by atoms with E-state index in [-0.39, 0.29) is 0 Å². The van der Waals surface area contributed by atoms with Gasteiger partial charge in [0.1, 0.15) is 0 Å². The van der Waals surface area contributed by atoms with Crippen LogP contribution in [0.2, 0.25) is 0 Å². The van der Waals surface area contributed by atoms with Crippen molar-refractivity contribution in [2.75, 3.05) is 33.4 Å². The molecule has 110 valence electrons. The summed E-state index contributed by atoms with van der Waals surface area (Å²) in [4.78, 5) is 7.06. The number of ether oxygens (including phenoxy) is 1. The minimum absolute atomic E-state index is 0.503. The minimum atomic E-state index is 0.503. The molecule has 2 fully saturated rings. The van der Waals surface area contributed by atoms with E-state index < -0.39 is 0 Å². The van der Waals surface area contributed by atoms with E-state index in [0.717, 1.165) is 26.2 Å². The molecule has 1 spiro atoms. The first-order valence-electron chi connectivity index (χ1n) is 7.65. The average Bonchev–Trinajstić information content (AvgIpc) is 2.78. The Morgan fingerprint density at radius 1 is 1.40 bits per heavy atom. The molecular weight excluding hydrogens is 250 g/mol. The number of nitrogens with one attached hydrogen (secondary N) is 1. The fourth-order valence-corrected chi connectivity index (χ4v) is 3.81. The van der Waals surface area contributed by atoms with Crippen LogP contribution in [-0.4, -0.2) is 49.3 Å². The van der Waals surface area contributed by atoms with Crippen LogP contribution in [0.25, 0.3) is 0 Å². The first-order valence-corrected chi connectivity index (χ1v) is 7.65. The molecule has 1 aromatic rings. The Kier molecular flexibility index (Phi) is 4.34. The lowest BCUT2D eigenvalue weighted by Gasteiger charge is -2.33. The highest BCUT2D eigenvalue weighted by molar-refractivity contribution is 5.06. The lowest BCUT2D eigenvalue weighted by Crippen LogP contribution is -2.38. The van der Waals surface area contributed by atoms with Gasteiger partial charge >= 0.3 is 0 Å². The molecular formula is C16H25N3O. The number of pyridine rings is 1. The predicted octanol–water partition coefficient (Wildman–Crippen LogP) is 1.67. The Hall–Kier alpha value is -0.970.